The average molecular weight is 389 g/mol. The lowest BCUT2D eigenvalue weighted by molar-refractivity contribution is -0.121. The second-order valence-corrected chi connectivity index (χ2v) is 13.8. The number of Topliss-reactive ketones (excluding diaryl/α,β-unsaturated/α-hetero) is 1. The van der Waals surface area contributed by atoms with Crippen molar-refractivity contribution in [2.75, 3.05) is 0 Å². The molecule has 2 atom stereocenters. The smallest absolute Gasteiger partial charge is 0.133 e. The lowest BCUT2D eigenvalue weighted by Crippen LogP contribution is -2.41. The molecule has 0 heterocycles. The Kier molecular flexibility index (Phi) is 7.32. The van der Waals surface area contributed by atoms with Gasteiger partial charge in [-0.3, -0.25) is 4.79 Å². The fraction of sp³-hybridized carbons (Fsp3) is 0.609. The van der Waals surface area contributed by atoms with Gasteiger partial charge in [0.1, 0.15) is 17.3 Å². The highest BCUT2D eigenvalue weighted by Crippen LogP contribution is 2.44. The average Bonchev–Trinajstić information content (AvgIpc) is 2.58. The van der Waals surface area contributed by atoms with Crippen LogP contribution in [-0.4, -0.2) is 24.1 Å². The third kappa shape index (κ3) is 5.25. The highest BCUT2D eigenvalue weighted by atomic mass is 28.3. The first kappa shape index (κ1) is 21.7. The summed E-state index contributed by atoms with van der Waals surface area (Å²) in [7, 11) is -1.72. The Labute approximate surface area is 165 Å². The van der Waals surface area contributed by atoms with Gasteiger partial charge < -0.3 is 10.2 Å². The molecule has 150 valence electrons. The van der Waals surface area contributed by atoms with Crippen molar-refractivity contribution in [3.63, 3.8) is 0 Å². The predicted molar refractivity (Wildman–Crippen MR) is 116 cm³/mol. The normalized spacial score (nSPS) is 20.4. The molecule has 1 aliphatic carbocycles. The van der Waals surface area contributed by atoms with E-state index in [2.05, 4.69) is 33.0 Å². The molecule has 0 aromatic heterocycles. The van der Waals surface area contributed by atoms with Gasteiger partial charge in [-0.2, -0.15) is 0 Å². The van der Waals surface area contributed by atoms with Crippen LogP contribution in [0, 0.1) is 5.92 Å². The number of hydrogen-bond acceptors (Lipinski definition) is 3. The third-order valence-electron chi connectivity index (χ3n) is 6.18. The van der Waals surface area contributed by atoms with E-state index in [-0.39, 0.29) is 29.1 Å². The Balaban J connectivity index is 2.33. The van der Waals surface area contributed by atoms with E-state index in [0.29, 0.717) is 5.56 Å². The minimum absolute atomic E-state index is 0.122. The molecule has 2 N–H and O–H groups in total. The maximum atomic E-state index is 12.1. The third-order valence-corrected chi connectivity index (χ3v) is 9.63. The summed E-state index contributed by atoms with van der Waals surface area (Å²) in [5.74, 6) is -0.00444. The number of phenolic OH excluding ortho intramolecular Hbond substituents is 2. The van der Waals surface area contributed by atoms with Gasteiger partial charge >= 0.3 is 0 Å². The first-order chi connectivity index (χ1) is 12.7. The molecule has 0 unspecified atom stereocenters. The molecule has 0 saturated carbocycles. The number of allylic oxidation sites excluding steroid dienone is 2. The van der Waals surface area contributed by atoms with Crippen LogP contribution in [-0.2, 0) is 4.79 Å². The van der Waals surface area contributed by atoms with Crippen molar-refractivity contribution in [2.45, 2.75) is 84.4 Å². The Morgan fingerprint density at radius 2 is 1.78 bits per heavy atom. The Bertz CT molecular complexity index is 683. The summed E-state index contributed by atoms with van der Waals surface area (Å²) in [6.45, 7) is 10.5. The van der Waals surface area contributed by atoms with Crippen molar-refractivity contribution in [3.8, 4) is 11.5 Å². The first-order valence-corrected chi connectivity index (χ1v) is 13.6. The monoisotopic (exact) mass is 388 g/mol. The molecule has 2 rings (SSSR count). The molecule has 3 nitrogen and oxygen atoms in total. The van der Waals surface area contributed by atoms with Crippen LogP contribution in [0.1, 0.15) is 70.8 Å². The largest absolute Gasteiger partial charge is 0.508 e. The zero-order valence-electron chi connectivity index (χ0n) is 17.6. The molecule has 1 aromatic rings. The minimum atomic E-state index is -1.72. The minimum Gasteiger partial charge on any atom is -0.508 e. The van der Waals surface area contributed by atoms with Gasteiger partial charge in [0.15, 0.2) is 0 Å². The van der Waals surface area contributed by atoms with Gasteiger partial charge in [0, 0.05) is 17.4 Å². The number of rotatable bonds is 8. The van der Waals surface area contributed by atoms with Crippen LogP contribution in [0.5, 0.6) is 11.5 Å². The Morgan fingerprint density at radius 1 is 1.15 bits per heavy atom. The van der Waals surface area contributed by atoms with E-state index in [0.717, 1.165) is 24.1 Å². The number of ketones is 1. The molecule has 4 heteroatoms. The Hall–Kier alpha value is -1.55. The molecule has 1 aliphatic rings. The van der Waals surface area contributed by atoms with Crippen LogP contribution in [0.2, 0.25) is 19.1 Å². The molecule has 0 bridgehead atoms. The Morgan fingerprint density at radius 3 is 2.33 bits per heavy atom. The van der Waals surface area contributed by atoms with Gasteiger partial charge in [0.05, 0.1) is 8.07 Å². The summed E-state index contributed by atoms with van der Waals surface area (Å²) in [5.41, 5.74) is 1.74. The number of aromatic hydroxyl groups is 2. The molecule has 0 amide bonds. The van der Waals surface area contributed by atoms with Crippen LogP contribution < -0.4 is 5.19 Å². The molecule has 0 fully saturated rings. The van der Waals surface area contributed by atoms with Crippen molar-refractivity contribution in [3.05, 3.63) is 29.3 Å². The van der Waals surface area contributed by atoms with Crippen molar-refractivity contribution in [2.24, 2.45) is 5.92 Å². The quantitative estimate of drug-likeness (QED) is 0.345. The fourth-order valence-electron chi connectivity index (χ4n) is 4.30. The lowest BCUT2D eigenvalue weighted by atomic mass is 9.75. The first-order valence-electron chi connectivity index (χ1n) is 10.4. The number of carbonyl (C=O) groups excluding carboxylic acids is 1. The summed E-state index contributed by atoms with van der Waals surface area (Å²) in [4.78, 5) is 12.1. The van der Waals surface area contributed by atoms with Crippen molar-refractivity contribution in [1.29, 1.82) is 0 Å². The SMILES string of the molecule is CCCCCC[Si](C)(C)c1cc(O)c([C@H]2C=C(C)CC[C@@H]2C(C)=O)c(O)c1. The van der Waals surface area contributed by atoms with E-state index in [1.807, 2.05) is 12.1 Å². The van der Waals surface area contributed by atoms with Gasteiger partial charge in [-0.25, -0.2) is 0 Å². The summed E-state index contributed by atoms with van der Waals surface area (Å²) in [6.07, 6.45) is 8.67. The molecule has 0 radical (unpaired) electrons. The number of phenols is 2. The predicted octanol–water partition coefficient (Wildman–Crippen LogP) is 5.62. The lowest BCUT2D eigenvalue weighted by Gasteiger charge is -2.30. The van der Waals surface area contributed by atoms with Crippen molar-refractivity contribution in [1.82, 2.24) is 0 Å². The summed E-state index contributed by atoms with van der Waals surface area (Å²) < 4.78 is 0. The van der Waals surface area contributed by atoms with E-state index in [1.165, 1.54) is 31.3 Å². The van der Waals surface area contributed by atoms with Gasteiger partial charge in [0.25, 0.3) is 0 Å². The number of hydrogen-bond donors (Lipinski definition) is 2. The molecule has 27 heavy (non-hydrogen) atoms. The van der Waals surface area contributed by atoms with Crippen molar-refractivity contribution >= 4 is 19.0 Å². The van der Waals surface area contributed by atoms with Crippen LogP contribution in [0.4, 0.5) is 0 Å². The summed E-state index contributed by atoms with van der Waals surface area (Å²) >= 11 is 0. The fourth-order valence-corrected chi connectivity index (χ4v) is 6.78. The molecule has 0 aliphatic heterocycles. The van der Waals surface area contributed by atoms with E-state index in [9.17, 15) is 15.0 Å². The van der Waals surface area contributed by atoms with Crippen LogP contribution in [0.25, 0.3) is 0 Å². The zero-order valence-corrected chi connectivity index (χ0v) is 18.6. The van der Waals surface area contributed by atoms with Gasteiger partial charge in [-0.15, -0.1) is 0 Å². The molecular formula is C23H36O3Si. The van der Waals surface area contributed by atoms with Gasteiger partial charge in [-0.1, -0.05) is 68.6 Å². The maximum absolute atomic E-state index is 12.1. The molecule has 0 spiro atoms. The van der Waals surface area contributed by atoms with Gasteiger partial charge in [-0.05, 0) is 38.8 Å². The van der Waals surface area contributed by atoms with Crippen LogP contribution in [0.15, 0.2) is 23.8 Å². The standard InChI is InChI=1S/C23H36O3Si/c1-6-7-8-9-12-27(4,5)18-14-21(25)23(22(26)15-18)20-13-16(2)10-11-19(20)17(3)24/h13-15,19-20,25-26H,6-12H2,1-5H3/t19-,20+/m1/s1. The van der Waals surface area contributed by atoms with E-state index >= 15 is 0 Å². The topological polar surface area (TPSA) is 57.5 Å². The van der Waals surface area contributed by atoms with Crippen LogP contribution >= 0.6 is 0 Å². The molecular weight excluding hydrogens is 352 g/mol. The highest BCUT2D eigenvalue weighted by Gasteiger charge is 2.33. The van der Waals surface area contributed by atoms with E-state index in [4.69, 9.17) is 0 Å². The number of carbonyl (C=O) groups is 1. The molecule has 0 saturated heterocycles. The maximum Gasteiger partial charge on any atom is 0.133 e. The van der Waals surface area contributed by atoms with Crippen molar-refractivity contribution < 1.29 is 15.0 Å². The second-order valence-electron chi connectivity index (χ2n) is 8.92. The van der Waals surface area contributed by atoms with E-state index < -0.39 is 8.07 Å². The van der Waals surface area contributed by atoms with Gasteiger partial charge in [0.2, 0.25) is 0 Å². The summed E-state index contributed by atoms with van der Waals surface area (Å²) in [6, 6.07) is 4.87. The summed E-state index contributed by atoms with van der Waals surface area (Å²) in [5, 5.41) is 22.7. The highest BCUT2D eigenvalue weighted by molar-refractivity contribution is 6.89. The number of benzene rings is 1. The second kappa shape index (κ2) is 9.09. The van der Waals surface area contributed by atoms with Crippen LogP contribution in [0.3, 0.4) is 0 Å². The number of unbranched alkanes of at least 4 members (excludes halogenated alkanes) is 3. The molecule has 1 aromatic carbocycles. The zero-order chi connectivity index (χ0) is 20.2. The van der Waals surface area contributed by atoms with E-state index in [1.54, 1.807) is 6.92 Å².